The number of benzene rings is 1. The van der Waals surface area contributed by atoms with Crippen molar-refractivity contribution in [1.29, 1.82) is 0 Å². The number of aliphatic carboxylic acids is 1. The van der Waals surface area contributed by atoms with Crippen LogP contribution < -0.4 is 4.74 Å². The summed E-state index contributed by atoms with van der Waals surface area (Å²) in [6, 6.07) is 7.67. The second kappa shape index (κ2) is 7.11. The van der Waals surface area contributed by atoms with Crippen LogP contribution in [0.15, 0.2) is 24.3 Å². The largest absolute Gasteiger partial charge is 0.493 e. The first-order valence-corrected chi connectivity index (χ1v) is 7.27. The molecular formula is C16H21NO4. The average molecular weight is 291 g/mol. The minimum absolute atomic E-state index is 0.0328. The predicted molar refractivity (Wildman–Crippen MR) is 78.2 cm³/mol. The van der Waals surface area contributed by atoms with Crippen LogP contribution in [0.5, 0.6) is 5.75 Å². The van der Waals surface area contributed by atoms with E-state index in [4.69, 9.17) is 9.84 Å². The maximum atomic E-state index is 12.1. The smallest absolute Gasteiger partial charge is 0.308 e. The van der Waals surface area contributed by atoms with E-state index in [-0.39, 0.29) is 12.3 Å². The number of carboxylic acids is 1. The van der Waals surface area contributed by atoms with Crippen LogP contribution in [0.4, 0.5) is 0 Å². The van der Waals surface area contributed by atoms with Gasteiger partial charge in [0.2, 0.25) is 5.91 Å². The molecule has 1 aliphatic rings. The zero-order valence-electron chi connectivity index (χ0n) is 12.2. The van der Waals surface area contributed by atoms with Gasteiger partial charge in [-0.25, -0.2) is 0 Å². The summed E-state index contributed by atoms with van der Waals surface area (Å²) >= 11 is 0. The number of carboxylic acid groups (broad SMARTS) is 1. The normalized spacial score (nSPS) is 18.3. The number of amides is 1. The molecule has 5 heteroatoms. The Labute approximate surface area is 124 Å². The maximum Gasteiger partial charge on any atom is 0.308 e. The molecule has 0 bridgehead atoms. The Bertz CT molecular complexity index is 515. The third kappa shape index (κ3) is 4.21. The molecule has 0 radical (unpaired) electrons. The van der Waals surface area contributed by atoms with Crippen molar-refractivity contribution in [1.82, 2.24) is 4.90 Å². The van der Waals surface area contributed by atoms with E-state index in [1.165, 1.54) is 0 Å². The summed E-state index contributed by atoms with van der Waals surface area (Å²) in [6.07, 6.45) is 1.68. The molecule has 5 nitrogen and oxygen atoms in total. The molecule has 0 saturated carbocycles. The Morgan fingerprint density at radius 1 is 1.38 bits per heavy atom. The lowest BCUT2D eigenvalue weighted by Gasteiger charge is -2.30. The quantitative estimate of drug-likeness (QED) is 0.902. The van der Waals surface area contributed by atoms with Gasteiger partial charge in [-0.15, -0.1) is 0 Å². The van der Waals surface area contributed by atoms with Gasteiger partial charge in [0.15, 0.2) is 0 Å². The number of hydrogen-bond donors (Lipinski definition) is 1. The lowest BCUT2D eigenvalue weighted by atomic mass is 9.98. The molecule has 114 valence electrons. The van der Waals surface area contributed by atoms with E-state index < -0.39 is 11.9 Å². The molecule has 1 fully saturated rings. The Morgan fingerprint density at radius 2 is 2.14 bits per heavy atom. The predicted octanol–water partition coefficient (Wildman–Crippen LogP) is 2.09. The van der Waals surface area contributed by atoms with Crippen molar-refractivity contribution in [2.45, 2.75) is 26.2 Å². The molecule has 1 saturated heterocycles. The summed E-state index contributed by atoms with van der Waals surface area (Å²) in [5, 5.41) is 9.03. The average Bonchev–Trinajstić information content (AvgIpc) is 2.49. The van der Waals surface area contributed by atoms with E-state index >= 15 is 0 Å². The summed E-state index contributed by atoms with van der Waals surface area (Å²) in [7, 11) is 0. The first-order chi connectivity index (χ1) is 10.1. The van der Waals surface area contributed by atoms with Crippen LogP contribution in [0.2, 0.25) is 0 Å². The van der Waals surface area contributed by atoms with E-state index in [1.54, 1.807) is 4.90 Å². The van der Waals surface area contributed by atoms with Gasteiger partial charge in [-0.3, -0.25) is 9.59 Å². The fourth-order valence-corrected chi connectivity index (χ4v) is 2.53. The number of nitrogens with zero attached hydrogens (tertiary/aromatic N) is 1. The van der Waals surface area contributed by atoms with Crippen LogP contribution >= 0.6 is 0 Å². The SMILES string of the molecule is Cc1ccccc1OCCC(=O)N1CCCC(C(=O)O)C1. The summed E-state index contributed by atoms with van der Waals surface area (Å²) in [5.41, 5.74) is 1.04. The lowest BCUT2D eigenvalue weighted by molar-refractivity contribution is -0.145. The third-order valence-corrected chi connectivity index (χ3v) is 3.79. The third-order valence-electron chi connectivity index (χ3n) is 3.79. The molecule has 1 N–H and O–H groups in total. The monoisotopic (exact) mass is 291 g/mol. The van der Waals surface area contributed by atoms with E-state index in [2.05, 4.69) is 0 Å². The second-order valence-electron chi connectivity index (χ2n) is 5.38. The summed E-state index contributed by atoms with van der Waals surface area (Å²) in [6.45, 7) is 3.24. The molecule has 1 unspecified atom stereocenters. The van der Waals surface area contributed by atoms with E-state index in [0.29, 0.717) is 26.1 Å². The highest BCUT2D eigenvalue weighted by Gasteiger charge is 2.27. The molecular weight excluding hydrogens is 270 g/mol. The van der Waals surface area contributed by atoms with Gasteiger partial charge in [-0.2, -0.15) is 0 Å². The van der Waals surface area contributed by atoms with Crippen molar-refractivity contribution in [3.8, 4) is 5.75 Å². The van der Waals surface area contributed by atoms with Gasteiger partial charge < -0.3 is 14.7 Å². The number of likely N-dealkylation sites (tertiary alicyclic amines) is 1. The number of hydrogen-bond acceptors (Lipinski definition) is 3. The topological polar surface area (TPSA) is 66.8 Å². The first-order valence-electron chi connectivity index (χ1n) is 7.27. The van der Waals surface area contributed by atoms with Gasteiger partial charge in [-0.05, 0) is 31.4 Å². The lowest BCUT2D eigenvalue weighted by Crippen LogP contribution is -2.42. The maximum absolute atomic E-state index is 12.1. The minimum atomic E-state index is -0.816. The molecule has 1 atom stereocenters. The molecule has 1 heterocycles. The molecule has 0 spiro atoms. The summed E-state index contributed by atoms with van der Waals surface area (Å²) < 4.78 is 5.61. The van der Waals surface area contributed by atoms with Crippen LogP contribution in [-0.2, 0) is 9.59 Å². The minimum Gasteiger partial charge on any atom is -0.493 e. The highest BCUT2D eigenvalue weighted by atomic mass is 16.5. The Balaban J connectivity index is 1.79. The fraction of sp³-hybridized carbons (Fsp3) is 0.500. The van der Waals surface area contributed by atoms with Gasteiger partial charge in [0.1, 0.15) is 5.75 Å². The highest BCUT2D eigenvalue weighted by molar-refractivity contribution is 5.78. The number of ether oxygens (including phenoxy) is 1. The fourth-order valence-electron chi connectivity index (χ4n) is 2.53. The van der Waals surface area contributed by atoms with Crippen molar-refractivity contribution in [2.75, 3.05) is 19.7 Å². The van der Waals surface area contributed by atoms with Crippen LogP contribution in [0, 0.1) is 12.8 Å². The van der Waals surface area contributed by atoms with Crippen LogP contribution in [0.3, 0.4) is 0 Å². The van der Waals surface area contributed by atoms with Crippen LogP contribution in [-0.4, -0.2) is 41.6 Å². The van der Waals surface area contributed by atoms with Crippen molar-refractivity contribution in [3.63, 3.8) is 0 Å². The van der Waals surface area contributed by atoms with Crippen molar-refractivity contribution < 1.29 is 19.4 Å². The number of para-hydroxylation sites is 1. The Kier molecular flexibility index (Phi) is 5.20. The number of piperidine rings is 1. The Hall–Kier alpha value is -2.04. The Morgan fingerprint density at radius 3 is 2.86 bits per heavy atom. The molecule has 1 aromatic rings. The van der Waals surface area contributed by atoms with E-state index in [9.17, 15) is 9.59 Å². The zero-order valence-corrected chi connectivity index (χ0v) is 12.2. The summed E-state index contributed by atoms with van der Waals surface area (Å²) in [4.78, 5) is 24.7. The standard InChI is InChI=1S/C16H21NO4/c1-12-5-2-3-7-14(12)21-10-8-15(18)17-9-4-6-13(11-17)16(19)20/h2-3,5,7,13H,4,6,8-11H2,1H3,(H,19,20). The molecule has 21 heavy (non-hydrogen) atoms. The number of carbonyl (C=O) groups is 2. The van der Waals surface area contributed by atoms with E-state index in [0.717, 1.165) is 17.7 Å². The van der Waals surface area contributed by atoms with E-state index in [1.807, 2.05) is 31.2 Å². The second-order valence-corrected chi connectivity index (χ2v) is 5.38. The zero-order chi connectivity index (χ0) is 15.2. The van der Waals surface area contributed by atoms with Gasteiger partial charge in [0.05, 0.1) is 18.9 Å². The number of carbonyl (C=O) groups excluding carboxylic acids is 1. The van der Waals surface area contributed by atoms with Crippen LogP contribution in [0.1, 0.15) is 24.8 Å². The molecule has 1 aromatic carbocycles. The highest BCUT2D eigenvalue weighted by Crippen LogP contribution is 2.18. The summed E-state index contributed by atoms with van der Waals surface area (Å²) in [5.74, 6) is -0.495. The van der Waals surface area contributed by atoms with Gasteiger partial charge in [0, 0.05) is 13.1 Å². The van der Waals surface area contributed by atoms with Crippen LogP contribution in [0.25, 0.3) is 0 Å². The molecule has 1 amide bonds. The van der Waals surface area contributed by atoms with Crippen molar-refractivity contribution in [2.24, 2.45) is 5.92 Å². The van der Waals surface area contributed by atoms with Gasteiger partial charge >= 0.3 is 5.97 Å². The number of aryl methyl sites for hydroxylation is 1. The van der Waals surface area contributed by atoms with Crippen molar-refractivity contribution in [3.05, 3.63) is 29.8 Å². The molecule has 1 aliphatic heterocycles. The van der Waals surface area contributed by atoms with Gasteiger partial charge in [-0.1, -0.05) is 18.2 Å². The van der Waals surface area contributed by atoms with Crippen molar-refractivity contribution >= 4 is 11.9 Å². The molecule has 2 rings (SSSR count). The van der Waals surface area contributed by atoms with Gasteiger partial charge in [0.25, 0.3) is 0 Å². The first kappa shape index (κ1) is 15.4. The molecule has 0 aromatic heterocycles. The number of rotatable bonds is 5. The molecule has 0 aliphatic carbocycles.